The van der Waals surface area contributed by atoms with Gasteiger partial charge in [0.1, 0.15) is 5.75 Å². The summed E-state index contributed by atoms with van der Waals surface area (Å²) in [6, 6.07) is 5.69. The highest BCUT2D eigenvalue weighted by atomic mass is 28.4. The summed E-state index contributed by atoms with van der Waals surface area (Å²) in [7, 11) is -5.79. The molecular weight excluding hydrogens is 404 g/mol. The van der Waals surface area contributed by atoms with Crippen molar-refractivity contribution in [3.63, 3.8) is 0 Å². The number of ether oxygens (including phenoxy) is 1. The summed E-state index contributed by atoms with van der Waals surface area (Å²) in [6.07, 6.45) is 1.74. The molecule has 0 saturated heterocycles. The van der Waals surface area contributed by atoms with Gasteiger partial charge in [-0.15, -0.1) is 0 Å². The van der Waals surface area contributed by atoms with Crippen LogP contribution in [0.4, 0.5) is 0 Å². The lowest BCUT2D eigenvalue weighted by molar-refractivity contribution is -0.133. The van der Waals surface area contributed by atoms with Crippen LogP contribution in [0.3, 0.4) is 0 Å². The molecule has 0 amide bonds. The van der Waals surface area contributed by atoms with E-state index in [4.69, 9.17) is 18.0 Å². The molecule has 0 aliphatic rings. The fourth-order valence-corrected chi connectivity index (χ4v) is 4.52. The Morgan fingerprint density at radius 2 is 1.43 bits per heavy atom. The fourth-order valence-electron chi connectivity index (χ4n) is 2.24. The molecule has 0 aliphatic carbocycles. The van der Waals surface area contributed by atoms with E-state index in [1.54, 1.807) is 6.08 Å². The molecule has 0 radical (unpaired) electrons. The van der Waals surface area contributed by atoms with Crippen molar-refractivity contribution in [3.05, 3.63) is 29.5 Å². The Morgan fingerprint density at radius 3 is 1.89 bits per heavy atom. The molecule has 0 spiro atoms. The fraction of sp³-hybridized carbons (Fsp3) is 0.550. The van der Waals surface area contributed by atoms with Gasteiger partial charge in [0.2, 0.25) is 25.0 Å². The zero-order chi connectivity index (χ0) is 21.8. The molecule has 1 aromatic rings. The minimum absolute atomic E-state index is 0.253. The van der Waals surface area contributed by atoms with Gasteiger partial charge in [0, 0.05) is 0 Å². The van der Waals surface area contributed by atoms with E-state index < -0.39 is 30.9 Å². The van der Waals surface area contributed by atoms with E-state index in [0.29, 0.717) is 12.4 Å². The average molecular weight is 441 g/mol. The van der Waals surface area contributed by atoms with E-state index in [-0.39, 0.29) is 5.76 Å². The van der Waals surface area contributed by atoms with E-state index in [2.05, 4.69) is 19.6 Å². The summed E-state index contributed by atoms with van der Waals surface area (Å²) >= 11 is 0. The highest BCUT2D eigenvalue weighted by molar-refractivity contribution is 6.72. The van der Waals surface area contributed by atoms with Gasteiger partial charge in [-0.25, -0.2) is 4.79 Å². The molecule has 0 N–H and O–H groups in total. The number of hydrogen-bond acceptors (Lipinski definition) is 5. The molecule has 0 saturated carbocycles. The van der Waals surface area contributed by atoms with Gasteiger partial charge in [-0.3, -0.25) is 0 Å². The normalized spacial score (nSPS) is 13.1. The molecule has 28 heavy (non-hydrogen) atoms. The molecule has 0 atom stereocenters. The van der Waals surface area contributed by atoms with Crippen molar-refractivity contribution in [1.82, 2.24) is 0 Å². The van der Waals surface area contributed by atoms with Gasteiger partial charge in [0.15, 0.2) is 11.5 Å². The maximum atomic E-state index is 12.7. The summed E-state index contributed by atoms with van der Waals surface area (Å²) in [6.45, 7) is 20.9. The van der Waals surface area contributed by atoms with Crippen LogP contribution in [0.15, 0.2) is 24.0 Å². The van der Waals surface area contributed by atoms with Gasteiger partial charge in [-0.1, -0.05) is 6.07 Å². The first kappa shape index (κ1) is 24.5. The van der Waals surface area contributed by atoms with Crippen molar-refractivity contribution < 1.29 is 22.8 Å². The van der Waals surface area contributed by atoms with E-state index in [0.717, 1.165) is 11.3 Å². The minimum Gasteiger partial charge on any atom is -0.542 e. The van der Waals surface area contributed by atoms with E-state index in [1.165, 1.54) is 0 Å². The third kappa shape index (κ3) is 9.61. The summed E-state index contributed by atoms with van der Waals surface area (Å²) in [4.78, 5) is 12.7. The van der Waals surface area contributed by atoms with Crippen LogP contribution in [0.2, 0.25) is 58.9 Å². The molecule has 8 heteroatoms. The first-order valence-electron chi connectivity index (χ1n) is 9.69. The average Bonchev–Trinajstić information content (AvgIpc) is 2.45. The lowest BCUT2D eigenvalue weighted by Crippen LogP contribution is -2.33. The summed E-state index contributed by atoms with van der Waals surface area (Å²) in [5.41, 5.74) is 0.812. The number of rotatable bonds is 9. The van der Waals surface area contributed by atoms with Crippen molar-refractivity contribution in [1.29, 1.82) is 0 Å². The van der Waals surface area contributed by atoms with Gasteiger partial charge in [-0.2, -0.15) is 0 Å². The minimum atomic E-state index is -2.03. The Kier molecular flexibility index (Phi) is 8.16. The van der Waals surface area contributed by atoms with Crippen LogP contribution in [0.25, 0.3) is 6.08 Å². The first-order chi connectivity index (χ1) is 12.6. The third-order valence-corrected chi connectivity index (χ3v) is 5.46. The molecule has 0 fully saturated rings. The van der Waals surface area contributed by atoms with Crippen LogP contribution < -0.4 is 9.16 Å². The van der Waals surface area contributed by atoms with Crippen molar-refractivity contribution in [2.75, 3.05) is 6.61 Å². The summed E-state index contributed by atoms with van der Waals surface area (Å²) in [5.74, 6) is 1.25. The van der Waals surface area contributed by atoms with Crippen LogP contribution in [0, 0.1) is 0 Å². The van der Waals surface area contributed by atoms with Crippen molar-refractivity contribution in [2.45, 2.75) is 65.8 Å². The molecular formula is C20H36O5Si3. The van der Waals surface area contributed by atoms with Gasteiger partial charge in [-0.05, 0) is 89.6 Å². The smallest absolute Gasteiger partial charge is 0.358 e. The highest BCUT2D eigenvalue weighted by Crippen LogP contribution is 2.32. The highest BCUT2D eigenvalue weighted by Gasteiger charge is 2.27. The lowest BCUT2D eigenvalue weighted by atomic mass is 10.2. The van der Waals surface area contributed by atoms with Gasteiger partial charge >= 0.3 is 5.97 Å². The Labute approximate surface area is 173 Å². The topological polar surface area (TPSA) is 54.0 Å². The van der Waals surface area contributed by atoms with E-state index in [1.807, 2.05) is 64.4 Å². The van der Waals surface area contributed by atoms with Crippen molar-refractivity contribution in [3.8, 4) is 11.5 Å². The molecule has 1 aromatic carbocycles. The number of benzene rings is 1. The number of hydrogen-bond donors (Lipinski definition) is 0. The van der Waals surface area contributed by atoms with Crippen molar-refractivity contribution in [2.24, 2.45) is 0 Å². The Hall–Kier alpha value is -1.52. The monoisotopic (exact) mass is 440 g/mol. The molecule has 0 aliphatic heterocycles. The predicted molar refractivity (Wildman–Crippen MR) is 123 cm³/mol. The van der Waals surface area contributed by atoms with Crippen LogP contribution in [0.5, 0.6) is 11.5 Å². The van der Waals surface area contributed by atoms with E-state index in [9.17, 15) is 4.79 Å². The standard InChI is InChI=1S/C20H36O5Si3/c1-11-22-18-14-16(12-13-17(18)23-26(2,3)4)15-19(24-27(5,6)7)20(21)25-28(8,9)10/h12-15H,11H2,1-10H3/b19-15-. The third-order valence-electron chi connectivity index (χ3n) is 3.00. The Balaban J connectivity index is 3.31. The number of carbonyl (C=O) groups excluding carboxylic acids is 1. The Morgan fingerprint density at radius 1 is 0.857 bits per heavy atom. The maximum absolute atomic E-state index is 12.7. The second-order valence-corrected chi connectivity index (χ2v) is 22.9. The zero-order valence-electron chi connectivity index (χ0n) is 19.1. The van der Waals surface area contributed by atoms with Crippen LogP contribution in [-0.4, -0.2) is 37.5 Å². The molecule has 158 valence electrons. The van der Waals surface area contributed by atoms with Crippen LogP contribution in [0.1, 0.15) is 12.5 Å². The molecule has 5 nitrogen and oxygen atoms in total. The van der Waals surface area contributed by atoms with Crippen LogP contribution in [-0.2, 0) is 13.6 Å². The van der Waals surface area contributed by atoms with Gasteiger partial charge < -0.3 is 18.0 Å². The molecule has 1 rings (SSSR count). The van der Waals surface area contributed by atoms with E-state index >= 15 is 0 Å². The SMILES string of the molecule is CCOc1cc(/C=C(\O[Si](C)(C)C)C(=O)O[Si](C)(C)C)ccc1O[Si](C)(C)C. The van der Waals surface area contributed by atoms with Gasteiger partial charge in [0.05, 0.1) is 6.61 Å². The van der Waals surface area contributed by atoms with Crippen LogP contribution >= 0.6 is 0 Å². The second-order valence-electron chi connectivity index (χ2n) is 9.58. The predicted octanol–water partition coefficient (Wildman–Crippen LogP) is 5.87. The molecule has 0 bridgehead atoms. The summed E-state index contributed by atoms with van der Waals surface area (Å²) < 4.78 is 23.6. The Bertz CT molecular complexity index is 710. The number of carbonyl (C=O) groups is 1. The lowest BCUT2D eigenvalue weighted by Gasteiger charge is -2.24. The molecule has 0 aromatic heterocycles. The summed E-state index contributed by atoms with van der Waals surface area (Å²) in [5, 5.41) is 0. The first-order valence-corrected chi connectivity index (χ1v) is 19.9. The maximum Gasteiger partial charge on any atom is 0.358 e. The second kappa shape index (κ2) is 9.32. The quantitative estimate of drug-likeness (QED) is 0.273. The largest absolute Gasteiger partial charge is 0.542 e. The molecule has 0 heterocycles. The van der Waals surface area contributed by atoms with Gasteiger partial charge in [0.25, 0.3) is 0 Å². The molecule has 0 unspecified atom stereocenters. The zero-order valence-corrected chi connectivity index (χ0v) is 22.1. The van der Waals surface area contributed by atoms with Crippen molar-refractivity contribution >= 4 is 37.0 Å².